The minimum atomic E-state index is -0.311. The van der Waals surface area contributed by atoms with Crippen molar-refractivity contribution >= 4 is 0 Å². The Morgan fingerprint density at radius 2 is 2.38 bits per heavy atom. The maximum atomic E-state index is 10.7. The Labute approximate surface area is 50.1 Å². The van der Waals surface area contributed by atoms with Crippen LogP contribution in [0.4, 0.5) is 0 Å². The molecule has 1 saturated heterocycles. The fraction of sp³-hybridized carbons (Fsp3) is 1.00. The molecular weight excluding hydrogens is 102 g/mol. The third-order valence-corrected chi connectivity index (χ3v) is 1.58. The summed E-state index contributed by atoms with van der Waals surface area (Å²) in [7, 11) is 2.00. The molecule has 0 bridgehead atoms. The van der Waals surface area contributed by atoms with E-state index in [4.69, 9.17) is 0 Å². The Bertz CT molecular complexity index is 66.9. The van der Waals surface area contributed by atoms with Gasteiger partial charge in [0.1, 0.15) is 6.10 Å². The first-order valence-corrected chi connectivity index (χ1v) is 3.13. The van der Waals surface area contributed by atoms with Crippen molar-refractivity contribution in [1.82, 2.24) is 4.90 Å². The van der Waals surface area contributed by atoms with Crippen molar-refractivity contribution in [3.63, 3.8) is 0 Å². The molecule has 47 valence electrons. The highest BCUT2D eigenvalue weighted by molar-refractivity contribution is 4.67. The normalized spacial score (nSPS) is 33.0. The van der Waals surface area contributed by atoms with Crippen molar-refractivity contribution < 1.29 is 5.11 Å². The largest absolute Gasteiger partial charge is 0.304 e. The average molecular weight is 114 g/mol. The fourth-order valence-corrected chi connectivity index (χ4v) is 1.12. The third kappa shape index (κ3) is 1.46. The summed E-state index contributed by atoms with van der Waals surface area (Å²) >= 11 is 0. The van der Waals surface area contributed by atoms with E-state index in [9.17, 15) is 5.11 Å². The van der Waals surface area contributed by atoms with Crippen LogP contribution in [0.3, 0.4) is 0 Å². The minimum absolute atomic E-state index is 0.311. The molecule has 0 aromatic heterocycles. The van der Waals surface area contributed by atoms with Crippen LogP contribution in [-0.2, 0) is 5.11 Å². The van der Waals surface area contributed by atoms with E-state index in [0.29, 0.717) is 0 Å². The molecule has 1 aliphatic rings. The Hall–Kier alpha value is -0.0800. The van der Waals surface area contributed by atoms with Crippen molar-refractivity contribution in [2.45, 2.75) is 18.9 Å². The summed E-state index contributed by atoms with van der Waals surface area (Å²) < 4.78 is 0. The van der Waals surface area contributed by atoms with Crippen molar-refractivity contribution in [2.24, 2.45) is 0 Å². The van der Waals surface area contributed by atoms with Crippen LogP contribution < -0.4 is 0 Å². The lowest BCUT2D eigenvalue weighted by molar-refractivity contribution is 0.0271. The van der Waals surface area contributed by atoms with Gasteiger partial charge in [0.2, 0.25) is 0 Å². The molecule has 1 atom stereocenters. The van der Waals surface area contributed by atoms with Gasteiger partial charge >= 0.3 is 0 Å². The van der Waals surface area contributed by atoms with Crippen molar-refractivity contribution in [1.29, 1.82) is 0 Å². The van der Waals surface area contributed by atoms with Gasteiger partial charge in [-0.05, 0) is 26.4 Å². The number of piperidine rings is 1. The second kappa shape index (κ2) is 2.46. The molecule has 2 heteroatoms. The Morgan fingerprint density at radius 1 is 1.62 bits per heavy atom. The maximum Gasteiger partial charge on any atom is 0.106 e. The lowest BCUT2D eigenvalue weighted by Gasteiger charge is -2.24. The summed E-state index contributed by atoms with van der Waals surface area (Å²) in [5, 5.41) is 10.7. The van der Waals surface area contributed by atoms with Crippen LogP contribution in [0.2, 0.25) is 0 Å². The zero-order valence-corrected chi connectivity index (χ0v) is 5.26. The Kier molecular flexibility index (Phi) is 1.86. The standard InChI is InChI=1S/C6H12NO/c1-7-4-2-3-6(8)5-7/h6H,2-5H2,1H3. The van der Waals surface area contributed by atoms with E-state index in [-0.39, 0.29) is 6.10 Å². The van der Waals surface area contributed by atoms with Gasteiger partial charge in [-0.1, -0.05) is 0 Å². The quantitative estimate of drug-likeness (QED) is 0.450. The molecule has 1 heterocycles. The molecule has 2 nitrogen and oxygen atoms in total. The maximum absolute atomic E-state index is 10.7. The summed E-state index contributed by atoms with van der Waals surface area (Å²) in [6, 6.07) is 0. The Balaban J connectivity index is 2.23. The second-order valence-electron chi connectivity index (χ2n) is 2.53. The van der Waals surface area contributed by atoms with Crippen LogP contribution >= 0.6 is 0 Å². The van der Waals surface area contributed by atoms with E-state index in [1.165, 1.54) is 0 Å². The molecule has 1 aliphatic heterocycles. The number of nitrogens with zero attached hydrogens (tertiary/aromatic N) is 1. The topological polar surface area (TPSA) is 23.1 Å². The lowest BCUT2D eigenvalue weighted by atomic mass is 10.1. The highest BCUT2D eigenvalue weighted by atomic mass is 16.3. The predicted molar refractivity (Wildman–Crippen MR) is 31.2 cm³/mol. The van der Waals surface area contributed by atoms with Crippen LogP contribution in [0.5, 0.6) is 0 Å². The van der Waals surface area contributed by atoms with Crippen molar-refractivity contribution in [3.05, 3.63) is 0 Å². The first-order chi connectivity index (χ1) is 3.79. The SMILES string of the molecule is CN1CCCC([O])C1. The molecule has 8 heavy (non-hydrogen) atoms. The monoisotopic (exact) mass is 114 g/mol. The van der Waals surface area contributed by atoms with Gasteiger partial charge in [0.25, 0.3) is 0 Å². The summed E-state index contributed by atoms with van der Waals surface area (Å²) in [5.74, 6) is 0. The van der Waals surface area contributed by atoms with Crippen LogP contribution in [0, 0.1) is 0 Å². The highest BCUT2D eigenvalue weighted by Crippen LogP contribution is 2.06. The number of hydrogen-bond acceptors (Lipinski definition) is 1. The molecule has 0 spiro atoms. The molecule has 0 N–H and O–H groups in total. The summed E-state index contributed by atoms with van der Waals surface area (Å²) in [6.45, 7) is 1.86. The highest BCUT2D eigenvalue weighted by Gasteiger charge is 2.14. The predicted octanol–water partition coefficient (Wildman–Crippen LogP) is 0.511. The molecule has 0 saturated carbocycles. The summed E-state index contributed by atoms with van der Waals surface area (Å²) in [5.41, 5.74) is 0. The van der Waals surface area contributed by atoms with E-state index < -0.39 is 0 Å². The minimum Gasteiger partial charge on any atom is -0.304 e. The molecule has 1 rings (SSSR count). The summed E-state index contributed by atoms with van der Waals surface area (Å²) in [6.07, 6.45) is 1.66. The zero-order chi connectivity index (χ0) is 5.98. The summed E-state index contributed by atoms with van der Waals surface area (Å²) in [4.78, 5) is 2.10. The molecular formula is C6H12NO. The molecule has 1 unspecified atom stereocenters. The molecule has 1 fully saturated rings. The Morgan fingerprint density at radius 3 is 2.75 bits per heavy atom. The van der Waals surface area contributed by atoms with Crippen LogP contribution in [0.1, 0.15) is 12.8 Å². The third-order valence-electron chi connectivity index (χ3n) is 1.58. The van der Waals surface area contributed by atoms with Gasteiger partial charge < -0.3 is 4.90 Å². The molecule has 1 radical (unpaired) electrons. The van der Waals surface area contributed by atoms with Crippen molar-refractivity contribution in [2.75, 3.05) is 20.1 Å². The number of likely N-dealkylation sites (N-methyl/N-ethyl adjacent to an activating group) is 1. The number of rotatable bonds is 0. The lowest BCUT2D eigenvalue weighted by Crippen LogP contribution is -2.34. The van der Waals surface area contributed by atoms with Gasteiger partial charge in [-0.15, -0.1) is 0 Å². The second-order valence-corrected chi connectivity index (χ2v) is 2.53. The van der Waals surface area contributed by atoms with Crippen LogP contribution in [0.25, 0.3) is 0 Å². The van der Waals surface area contributed by atoms with E-state index >= 15 is 0 Å². The van der Waals surface area contributed by atoms with Gasteiger partial charge in [0.05, 0.1) is 0 Å². The molecule has 0 aromatic rings. The van der Waals surface area contributed by atoms with E-state index in [2.05, 4.69) is 4.90 Å². The molecule has 0 aliphatic carbocycles. The number of likely N-dealkylation sites (tertiary alicyclic amines) is 1. The van der Waals surface area contributed by atoms with E-state index in [1.807, 2.05) is 7.05 Å². The van der Waals surface area contributed by atoms with Gasteiger partial charge in [-0.25, -0.2) is 5.11 Å². The van der Waals surface area contributed by atoms with Gasteiger partial charge in [-0.2, -0.15) is 0 Å². The van der Waals surface area contributed by atoms with Gasteiger partial charge in [0.15, 0.2) is 0 Å². The number of hydrogen-bond donors (Lipinski definition) is 0. The van der Waals surface area contributed by atoms with Crippen LogP contribution in [-0.4, -0.2) is 31.1 Å². The first-order valence-electron chi connectivity index (χ1n) is 3.13. The van der Waals surface area contributed by atoms with Crippen molar-refractivity contribution in [3.8, 4) is 0 Å². The smallest absolute Gasteiger partial charge is 0.106 e. The molecule has 0 aromatic carbocycles. The van der Waals surface area contributed by atoms with Gasteiger partial charge in [-0.3, -0.25) is 0 Å². The first kappa shape index (κ1) is 6.05. The fourth-order valence-electron chi connectivity index (χ4n) is 1.12. The average Bonchev–Trinajstić information content (AvgIpc) is 1.64. The van der Waals surface area contributed by atoms with E-state index in [1.54, 1.807) is 0 Å². The van der Waals surface area contributed by atoms with E-state index in [0.717, 1.165) is 25.9 Å². The zero-order valence-electron chi connectivity index (χ0n) is 5.26. The van der Waals surface area contributed by atoms with Crippen LogP contribution in [0.15, 0.2) is 0 Å². The van der Waals surface area contributed by atoms with Gasteiger partial charge in [0, 0.05) is 6.54 Å². The molecule has 0 amide bonds.